The molecule has 0 aromatic carbocycles. The molecule has 0 amide bonds. The van der Waals surface area contributed by atoms with Crippen LogP contribution in [-0.2, 0) is 0 Å². The Bertz CT molecular complexity index is 244. The molecule has 2 rings (SSSR count). The molecular formula is C12H20FNO. The Morgan fingerprint density at radius 3 is 3.00 bits per heavy atom. The average Bonchev–Trinajstić information content (AvgIpc) is 2.30. The fraction of sp³-hybridized carbons (Fsp3) is 0.833. The summed E-state index contributed by atoms with van der Waals surface area (Å²) < 4.78 is 14.0. The quantitative estimate of drug-likeness (QED) is 0.708. The van der Waals surface area contributed by atoms with E-state index in [-0.39, 0.29) is 6.61 Å². The molecule has 0 bridgehead atoms. The normalized spacial score (nSPS) is 38.1. The first-order valence-corrected chi connectivity index (χ1v) is 5.94. The van der Waals surface area contributed by atoms with Gasteiger partial charge in [-0.05, 0) is 38.6 Å². The number of allylic oxidation sites excluding steroid dienone is 1. The van der Waals surface area contributed by atoms with Gasteiger partial charge in [-0.2, -0.15) is 0 Å². The van der Waals surface area contributed by atoms with Gasteiger partial charge in [-0.1, -0.05) is 12.2 Å². The van der Waals surface area contributed by atoms with Crippen LogP contribution < -0.4 is 0 Å². The monoisotopic (exact) mass is 213 g/mol. The summed E-state index contributed by atoms with van der Waals surface area (Å²) in [5, 5.41) is 9.05. The maximum Gasteiger partial charge on any atom is 0.146 e. The average molecular weight is 213 g/mol. The largest absolute Gasteiger partial charge is 0.393 e. The molecule has 1 aliphatic carbocycles. The predicted molar refractivity (Wildman–Crippen MR) is 58.5 cm³/mol. The van der Waals surface area contributed by atoms with Gasteiger partial charge in [0.1, 0.15) is 5.67 Å². The molecule has 2 atom stereocenters. The molecule has 1 fully saturated rings. The molecule has 0 aromatic rings. The van der Waals surface area contributed by atoms with Crippen LogP contribution in [0.3, 0.4) is 0 Å². The lowest BCUT2D eigenvalue weighted by atomic mass is 9.92. The molecule has 0 saturated carbocycles. The minimum absolute atomic E-state index is 0.333. The van der Waals surface area contributed by atoms with Gasteiger partial charge in [0.2, 0.25) is 0 Å². The number of likely N-dealkylation sites (tertiary alicyclic amines) is 1. The van der Waals surface area contributed by atoms with Gasteiger partial charge in [-0.25, -0.2) is 4.39 Å². The van der Waals surface area contributed by atoms with Gasteiger partial charge in [-0.15, -0.1) is 0 Å². The molecule has 0 unspecified atom stereocenters. The van der Waals surface area contributed by atoms with E-state index in [1.807, 2.05) is 0 Å². The summed E-state index contributed by atoms with van der Waals surface area (Å²) >= 11 is 0. The van der Waals surface area contributed by atoms with Crippen LogP contribution in [0.4, 0.5) is 4.39 Å². The van der Waals surface area contributed by atoms with Gasteiger partial charge in [-0.3, -0.25) is 4.90 Å². The molecule has 1 N–H and O–H groups in total. The Morgan fingerprint density at radius 1 is 1.47 bits per heavy atom. The van der Waals surface area contributed by atoms with Crippen molar-refractivity contribution in [3.63, 3.8) is 0 Å². The highest BCUT2D eigenvalue weighted by molar-refractivity contribution is 5.01. The van der Waals surface area contributed by atoms with Gasteiger partial charge >= 0.3 is 0 Å². The molecule has 2 aliphatic rings. The third kappa shape index (κ3) is 2.58. The van der Waals surface area contributed by atoms with Gasteiger partial charge in [0.25, 0.3) is 0 Å². The van der Waals surface area contributed by atoms with E-state index in [0.717, 1.165) is 25.8 Å². The van der Waals surface area contributed by atoms with Crippen LogP contribution >= 0.6 is 0 Å². The summed E-state index contributed by atoms with van der Waals surface area (Å²) in [4.78, 5) is 2.19. The lowest BCUT2D eigenvalue weighted by Crippen LogP contribution is -2.51. The lowest BCUT2D eigenvalue weighted by Gasteiger charge is -2.40. The predicted octanol–water partition coefficient (Wildman–Crippen LogP) is 1.89. The molecule has 3 heteroatoms. The molecule has 2 nitrogen and oxygen atoms in total. The molecule has 0 aromatic heterocycles. The first kappa shape index (κ1) is 11.1. The number of hydrogen-bond acceptors (Lipinski definition) is 2. The zero-order valence-electron chi connectivity index (χ0n) is 9.16. The smallest absolute Gasteiger partial charge is 0.146 e. The molecule has 0 radical (unpaired) electrons. The molecule has 86 valence electrons. The van der Waals surface area contributed by atoms with Crippen LogP contribution in [0.1, 0.15) is 32.1 Å². The summed E-state index contributed by atoms with van der Waals surface area (Å²) in [6.07, 6.45) is 9.27. The van der Waals surface area contributed by atoms with Crippen molar-refractivity contribution in [2.75, 3.05) is 19.7 Å². The molecule has 15 heavy (non-hydrogen) atoms. The van der Waals surface area contributed by atoms with Crippen LogP contribution in [0.25, 0.3) is 0 Å². The summed E-state index contributed by atoms with van der Waals surface area (Å²) in [5.74, 6) is 0. The van der Waals surface area contributed by atoms with Crippen molar-refractivity contribution in [1.82, 2.24) is 4.90 Å². The van der Waals surface area contributed by atoms with Crippen LogP contribution in [0.2, 0.25) is 0 Å². The van der Waals surface area contributed by atoms with Gasteiger partial charge in [0.15, 0.2) is 0 Å². The van der Waals surface area contributed by atoms with E-state index in [0.29, 0.717) is 19.0 Å². The molecule has 1 heterocycles. The van der Waals surface area contributed by atoms with E-state index in [2.05, 4.69) is 17.1 Å². The topological polar surface area (TPSA) is 23.5 Å². The van der Waals surface area contributed by atoms with Crippen molar-refractivity contribution < 1.29 is 9.50 Å². The second-order valence-electron chi connectivity index (χ2n) is 4.81. The van der Waals surface area contributed by atoms with Crippen molar-refractivity contribution in [1.29, 1.82) is 0 Å². The summed E-state index contributed by atoms with van der Waals surface area (Å²) in [7, 11) is 0. The standard InChI is InChI=1S/C12H20FNO/c13-12(10-15)7-4-8-14(9-12)11-5-2-1-3-6-11/h2,5,11,15H,1,3-4,6-10H2/t11-,12-/m1/s1. The maximum atomic E-state index is 14.0. The second-order valence-corrected chi connectivity index (χ2v) is 4.81. The lowest BCUT2D eigenvalue weighted by molar-refractivity contribution is -0.0114. The molecule has 1 saturated heterocycles. The second kappa shape index (κ2) is 4.62. The Morgan fingerprint density at radius 2 is 2.33 bits per heavy atom. The summed E-state index contributed by atoms with van der Waals surface area (Å²) in [6.45, 7) is 1.04. The van der Waals surface area contributed by atoms with Gasteiger partial charge in [0.05, 0.1) is 6.61 Å². The fourth-order valence-electron chi connectivity index (χ4n) is 2.63. The number of nitrogens with zero attached hydrogens (tertiary/aromatic N) is 1. The van der Waals surface area contributed by atoms with E-state index in [1.54, 1.807) is 0 Å². The zero-order chi connectivity index (χ0) is 10.7. The van der Waals surface area contributed by atoms with Crippen LogP contribution in [0.5, 0.6) is 0 Å². The Labute approximate surface area is 90.8 Å². The molecule has 0 spiro atoms. The Hall–Kier alpha value is -0.410. The number of rotatable bonds is 2. The molecular weight excluding hydrogens is 193 g/mol. The number of piperidine rings is 1. The first-order chi connectivity index (χ1) is 7.23. The molecule has 1 aliphatic heterocycles. The van der Waals surface area contributed by atoms with Crippen LogP contribution in [-0.4, -0.2) is 41.4 Å². The van der Waals surface area contributed by atoms with Crippen LogP contribution in [0, 0.1) is 0 Å². The van der Waals surface area contributed by atoms with E-state index in [4.69, 9.17) is 5.11 Å². The van der Waals surface area contributed by atoms with E-state index in [9.17, 15) is 4.39 Å². The number of aliphatic hydroxyl groups is 1. The van der Waals surface area contributed by atoms with Crippen molar-refractivity contribution in [3.05, 3.63) is 12.2 Å². The minimum Gasteiger partial charge on any atom is -0.393 e. The highest BCUT2D eigenvalue weighted by Crippen LogP contribution is 2.28. The SMILES string of the molecule is OC[C@@]1(F)CCCN([C@@H]2C=CCCC2)C1. The van der Waals surface area contributed by atoms with E-state index in [1.165, 1.54) is 6.42 Å². The Balaban J connectivity index is 1.97. The number of aliphatic hydroxyl groups excluding tert-OH is 1. The van der Waals surface area contributed by atoms with Crippen molar-refractivity contribution >= 4 is 0 Å². The summed E-state index contributed by atoms with van der Waals surface area (Å²) in [6, 6.07) is 0.403. The van der Waals surface area contributed by atoms with E-state index < -0.39 is 5.67 Å². The number of halogens is 1. The van der Waals surface area contributed by atoms with Gasteiger partial charge in [0, 0.05) is 12.6 Å². The van der Waals surface area contributed by atoms with Crippen molar-refractivity contribution in [2.24, 2.45) is 0 Å². The highest BCUT2D eigenvalue weighted by Gasteiger charge is 2.36. The first-order valence-electron chi connectivity index (χ1n) is 5.94. The summed E-state index contributed by atoms with van der Waals surface area (Å²) in [5.41, 5.74) is -1.36. The van der Waals surface area contributed by atoms with Crippen molar-refractivity contribution in [2.45, 2.75) is 43.8 Å². The van der Waals surface area contributed by atoms with Crippen LogP contribution in [0.15, 0.2) is 12.2 Å². The number of alkyl halides is 1. The van der Waals surface area contributed by atoms with Crippen molar-refractivity contribution in [3.8, 4) is 0 Å². The van der Waals surface area contributed by atoms with Gasteiger partial charge < -0.3 is 5.11 Å². The third-order valence-corrected chi connectivity index (χ3v) is 3.54. The zero-order valence-corrected chi connectivity index (χ0v) is 9.16. The minimum atomic E-state index is -1.36. The fourth-order valence-corrected chi connectivity index (χ4v) is 2.63. The van der Waals surface area contributed by atoms with E-state index >= 15 is 0 Å². The highest BCUT2D eigenvalue weighted by atomic mass is 19.1. The number of hydrogen-bond donors (Lipinski definition) is 1. The Kier molecular flexibility index (Phi) is 3.42. The maximum absolute atomic E-state index is 14.0. The third-order valence-electron chi connectivity index (χ3n) is 3.54.